The van der Waals surface area contributed by atoms with Crippen LogP contribution in [-0.2, 0) is 14.4 Å². The highest BCUT2D eigenvalue weighted by atomic mass is 16.6. The summed E-state index contributed by atoms with van der Waals surface area (Å²) in [5.41, 5.74) is 0.779. The molecule has 1 N–H and O–H groups in total. The van der Waals surface area contributed by atoms with E-state index in [4.69, 9.17) is 0 Å². The number of nitro groups is 1. The van der Waals surface area contributed by atoms with E-state index in [0.29, 0.717) is 24.2 Å². The summed E-state index contributed by atoms with van der Waals surface area (Å²) in [5.74, 6) is -1.67. The van der Waals surface area contributed by atoms with Crippen LogP contribution in [0.2, 0.25) is 0 Å². The van der Waals surface area contributed by atoms with Gasteiger partial charge in [0.15, 0.2) is 0 Å². The second-order valence-corrected chi connectivity index (χ2v) is 8.83. The highest BCUT2D eigenvalue weighted by Gasteiger charge is 2.46. The van der Waals surface area contributed by atoms with Crippen LogP contribution >= 0.6 is 0 Å². The fourth-order valence-electron chi connectivity index (χ4n) is 4.82. The summed E-state index contributed by atoms with van der Waals surface area (Å²) in [5, 5.41) is 13.9. The summed E-state index contributed by atoms with van der Waals surface area (Å²) < 4.78 is 0. The van der Waals surface area contributed by atoms with E-state index >= 15 is 0 Å². The lowest BCUT2D eigenvalue weighted by atomic mass is 9.92. The molecule has 1 atom stereocenters. The summed E-state index contributed by atoms with van der Waals surface area (Å²) in [6.45, 7) is 1.38. The van der Waals surface area contributed by atoms with E-state index in [1.165, 1.54) is 36.1 Å². The van der Waals surface area contributed by atoms with Crippen LogP contribution in [0.4, 0.5) is 17.1 Å². The first-order chi connectivity index (χ1) is 16.8. The quantitative estimate of drug-likeness (QED) is 0.383. The van der Waals surface area contributed by atoms with Gasteiger partial charge < -0.3 is 10.2 Å². The van der Waals surface area contributed by atoms with Crippen molar-refractivity contribution in [3.05, 3.63) is 64.2 Å². The Labute approximate surface area is 202 Å². The molecule has 1 unspecified atom stereocenters. The molecular weight excluding hydrogens is 452 g/mol. The fraction of sp³-hybridized carbons (Fsp3) is 0.360. The normalized spacial score (nSPS) is 18.4. The zero-order valence-corrected chi connectivity index (χ0v) is 19.3. The summed E-state index contributed by atoms with van der Waals surface area (Å²) in [6.07, 6.45) is 4.05. The van der Waals surface area contributed by atoms with E-state index in [1.807, 2.05) is 0 Å². The number of hydrogen-bond acceptors (Lipinski definition) is 6. The zero-order valence-electron chi connectivity index (χ0n) is 19.3. The Bertz CT molecular complexity index is 1170. The first-order valence-electron chi connectivity index (χ1n) is 11.6. The van der Waals surface area contributed by atoms with E-state index in [1.54, 1.807) is 24.3 Å². The molecule has 2 fully saturated rings. The summed E-state index contributed by atoms with van der Waals surface area (Å²) in [4.78, 5) is 64.6. The van der Waals surface area contributed by atoms with Crippen molar-refractivity contribution in [1.82, 2.24) is 4.90 Å². The molecule has 0 aromatic heterocycles. The molecule has 2 aromatic rings. The molecule has 35 heavy (non-hydrogen) atoms. The van der Waals surface area contributed by atoms with Crippen molar-refractivity contribution < 1.29 is 24.1 Å². The van der Waals surface area contributed by atoms with Gasteiger partial charge >= 0.3 is 0 Å². The Hall–Kier alpha value is -4.08. The van der Waals surface area contributed by atoms with E-state index in [9.17, 15) is 29.3 Å². The van der Waals surface area contributed by atoms with Gasteiger partial charge in [-0.3, -0.25) is 29.3 Å². The van der Waals surface area contributed by atoms with Crippen molar-refractivity contribution in [3.8, 4) is 0 Å². The molecule has 10 heteroatoms. The lowest BCUT2D eigenvalue weighted by Crippen LogP contribution is -2.51. The Morgan fingerprint density at radius 3 is 2.37 bits per heavy atom. The van der Waals surface area contributed by atoms with Gasteiger partial charge in [0.05, 0.1) is 17.0 Å². The molecule has 0 radical (unpaired) electrons. The molecule has 4 rings (SSSR count). The maximum atomic E-state index is 13.6. The Kier molecular flexibility index (Phi) is 6.90. The number of carbonyl (C=O) groups excluding carboxylic acids is 4. The van der Waals surface area contributed by atoms with Gasteiger partial charge in [-0.05, 0) is 43.2 Å². The van der Waals surface area contributed by atoms with E-state index in [2.05, 4.69) is 5.32 Å². The van der Waals surface area contributed by atoms with Gasteiger partial charge in [-0.1, -0.05) is 25.3 Å². The van der Waals surface area contributed by atoms with Crippen LogP contribution in [0.3, 0.4) is 0 Å². The second kappa shape index (κ2) is 10.0. The van der Waals surface area contributed by atoms with E-state index in [-0.39, 0.29) is 29.6 Å². The molecule has 182 valence electrons. The smallest absolute Gasteiger partial charge is 0.270 e. The van der Waals surface area contributed by atoms with E-state index in [0.717, 1.165) is 24.2 Å². The zero-order chi connectivity index (χ0) is 25.1. The van der Waals surface area contributed by atoms with Gasteiger partial charge in [0.25, 0.3) is 17.5 Å². The number of non-ortho nitro benzene ring substituents is 1. The van der Waals surface area contributed by atoms with Crippen LogP contribution in [0.15, 0.2) is 48.5 Å². The van der Waals surface area contributed by atoms with Crippen molar-refractivity contribution in [3.63, 3.8) is 0 Å². The number of nitrogens with one attached hydrogen (secondary N) is 1. The molecule has 2 aromatic carbocycles. The molecule has 4 amide bonds. The Morgan fingerprint density at radius 2 is 1.74 bits per heavy atom. The van der Waals surface area contributed by atoms with Gasteiger partial charge in [0.2, 0.25) is 11.8 Å². The minimum atomic E-state index is -0.993. The molecule has 10 nitrogen and oxygen atoms in total. The predicted octanol–water partition coefficient (Wildman–Crippen LogP) is 3.66. The number of nitro benzene ring substituents is 1. The van der Waals surface area contributed by atoms with Crippen LogP contribution in [-0.4, -0.2) is 45.5 Å². The standard InChI is InChI=1S/C25H26N4O6/c1-16(30)26-18-10-12-20(13-11-18)28-23(31)15-22(25(28)33)27(19-7-3-2-4-8-19)24(32)17-6-5-9-21(14-17)29(34)35/h5-6,9-14,19,22H,2-4,7-8,15H2,1H3,(H,26,30). The second-order valence-electron chi connectivity index (χ2n) is 8.83. The molecule has 1 heterocycles. The largest absolute Gasteiger partial charge is 0.326 e. The van der Waals surface area contributed by atoms with E-state index < -0.39 is 28.7 Å². The fourth-order valence-corrected chi connectivity index (χ4v) is 4.82. The third kappa shape index (κ3) is 5.06. The number of carbonyl (C=O) groups is 4. The number of imide groups is 1. The van der Waals surface area contributed by atoms with Gasteiger partial charge in [-0.15, -0.1) is 0 Å². The van der Waals surface area contributed by atoms with Crippen molar-refractivity contribution in [1.29, 1.82) is 0 Å². The summed E-state index contributed by atoms with van der Waals surface area (Å²) >= 11 is 0. The van der Waals surface area contributed by atoms with Gasteiger partial charge in [0.1, 0.15) is 6.04 Å². The third-order valence-electron chi connectivity index (χ3n) is 6.41. The van der Waals surface area contributed by atoms with Crippen LogP contribution < -0.4 is 10.2 Å². The number of nitrogens with zero attached hydrogens (tertiary/aromatic N) is 3. The first kappa shape index (κ1) is 24.1. The minimum Gasteiger partial charge on any atom is -0.326 e. The lowest BCUT2D eigenvalue weighted by molar-refractivity contribution is -0.384. The van der Waals surface area contributed by atoms with Crippen molar-refractivity contribution in [2.75, 3.05) is 10.2 Å². The molecule has 1 saturated heterocycles. The van der Waals surface area contributed by atoms with Crippen LogP contribution in [0.5, 0.6) is 0 Å². The predicted molar refractivity (Wildman–Crippen MR) is 128 cm³/mol. The lowest BCUT2D eigenvalue weighted by Gasteiger charge is -2.37. The Balaban J connectivity index is 1.65. The monoisotopic (exact) mass is 478 g/mol. The molecule has 0 bridgehead atoms. The van der Waals surface area contributed by atoms with Crippen molar-refractivity contribution >= 4 is 40.7 Å². The third-order valence-corrected chi connectivity index (χ3v) is 6.41. The van der Waals surface area contributed by atoms with Crippen molar-refractivity contribution in [2.24, 2.45) is 0 Å². The number of anilines is 2. The summed E-state index contributed by atoms with van der Waals surface area (Å²) in [7, 11) is 0. The highest BCUT2D eigenvalue weighted by molar-refractivity contribution is 6.23. The van der Waals surface area contributed by atoms with Crippen LogP contribution in [0, 0.1) is 10.1 Å². The van der Waals surface area contributed by atoms with Crippen molar-refractivity contribution in [2.45, 2.75) is 57.5 Å². The summed E-state index contributed by atoms with van der Waals surface area (Å²) in [6, 6.07) is 10.5. The minimum absolute atomic E-state index is 0.114. The molecule has 1 aliphatic heterocycles. The molecule has 1 aliphatic carbocycles. The van der Waals surface area contributed by atoms with Gasteiger partial charge in [-0.2, -0.15) is 0 Å². The molecule has 1 saturated carbocycles. The van der Waals surface area contributed by atoms with Gasteiger partial charge in [-0.25, -0.2) is 4.90 Å². The maximum absolute atomic E-state index is 13.6. The topological polar surface area (TPSA) is 130 Å². The number of hydrogen-bond donors (Lipinski definition) is 1. The average Bonchev–Trinajstić information content (AvgIpc) is 3.13. The number of benzene rings is 2. The molecular formula is C25H26N4O6. The number of amides is 4. The number of rotatable bonds is 6. The SMILES string of the molecule is CC(=O)Nc1ccc(N2C(=O)CC(N(C(=O)c3cccc([N+](=O)[O-])c3)C3CCCCC3)C2=O)cc1. The highest BCUT2D eigenvalue weighted by Crippen LogP contribution is 2.33. The molecule has 0 spiro atoms. The Morgan fingerprint density at radius 1 is 1.06 bits per heavy atom. The first-order valence-corrected chi connectivity index (χ1v) is 11.6. The average molecular weight is 479 g/mol. The van der Waals surface area contributed by atoms with Gasteiger partial charge in [0, 0.05) is 36.3 Å². The van der Waals surface area contributed by atoms with Crippen LogP contribution in [0.25, 0.3) is 0 Å². The molecule has 2 aliphatic rings. The maximum Gasteiger partial charge on any atom is 0.270 e. The van der Waals surface area contributed by atoms with Crippen LogP contribution in [0.1, 0.15) is 55.8 Å².